The van der Waals surface area contributed by atoms with Gasteiger partial charge in [0, 0.05) is 37.6 Å². The highest BCUT2D eigenvalue weighted by Gasteiger charge is 2.28. The Morgan fingerprint density at radius 3 is 2.43 bits per heavy atom. The van der Waals surface area contributed by atoms with Crippen LogP contribution in [0.1, 0.15) is 53.5 Å². The molecular formula is C21H29N3O3S. The summed E-state index contributed by atoms with van der Waals surface area (Å²) < 4.78 is 29.8. The van der Waals surface area contributed by atoms with Crippen LogP contribution in [0.3, 0.4) is 0 Å². The van der Waals surface area contributed by atoms with Crippen LogP contribution in [0, 0.1) is 13.8 Å². The van der Waals surface area contributed by atoms with E-state index in [0.717, 1.165) is 37.2 Å². The minimum absolute atomic E-state index is 0.178. The van der Waals surface area contributed by atoms with E-state index in [1.165, 1.54) is 0 Å². The van der Waals surface area contributed by atoms with Crippen molar-refractivity contribution in [2.45, 2.75) is 58.0 Å². The number of carbonyl (C=O) groups excluding carboxylic acids is 1. The van der Waals surface area contributed by atoms with Gasteiger partial charge in [-0.15, -0.1) is 0 Å². The first kappa shape index (κ1) is 20.6. The van der Waals surface area contributed by atoms with Crippen LogP contribution in [0.5, 0.6) is 0 Å². The summed E-state index contributed by atoms with van der Waals surface area (Å²) in [5, 5.41) is 2.90. The Morgan fingerprint density at radius 1 is 1.11 bits per heavy atom. The fraction of sp³-hybridized carbons (Fsp3) is 0.476. The van der Waals surface area contributed by atoms with Gasteiger partial charge >= 0.3 is 0 Å². The molecule has 0 spiro atoms. The minimum atomic E-state index is -3.54. The number of piperidine rings is 1. The zero-order valence-electron chi connectivity index (χ0n) is 16.9. The average molecular weight is 404 g/mol. The number of aryl methyl sites for hydroxylation is 1. The van der Waals surface area contributed by atoms with Crippen molar-refractivity contribution in [2.24, 2.45) is 0 Å². The largest absolute Gasteiger partial charge is 0.349 e. The third-order valence-electron chi connectivity index (χ3n) is 5.48. The molecule has 1 aliphatic heterocycles. The first-order valence-electron chi connectivity index (χ1n) is 9.89. The Bertz CT molecular complexity index is 957. The van der Waals surface area contributed by atoms with E-state index in [9.17, 15) is 13.2 Å². The lowest BCUT2D eigenvalue weighted by Crippen LogP contribution is -2.36. The molecule has 0 atom stereocenters. The highest BCUT2D eigenvalue weighted by molar-refractivity contribution is 7.89. The maximum absolute atomic E-state index is 13.1. The van der Waals surface area contributed by atoms with E-state index in [1.807, 2.05) is 26.8 Å². The molecule has 7 heteroatoms. The molecule has 0 unspecified atom stereocenters. The van der Waals surface area contributed by atoms with Crippen LogP contribution in [-0.2, 0) is 23.1 Å². The lowest BCUT2D eigenvalue weighted by molar-refractivity contribution is 0.0950. The van der Waals surface area contributed by atoms with Gasteiger partial charge in [-0.05, 0) is 51.3 Å². The number of aromatic nitrogens is 1. The third-order valence-corrected chi connectivity index (χ3v) is 7.48. The molecule has 1 N–H and O–H groups in total. The van der Waals surface area contributed by atoms with Crippen LogP contribution in [0.4, 0.5) is 0 Å². The lowest BCUT2D eigenvalue weighted by atomic mass is 10.2. The van der Waals surface area contributed by atoms with Gasteiger partial charge < -0.3 is 9.88 Å². The topological polar surface area (TPSA) is 71.4 Å². The maximum Gasteiger partial charge on any atom is 0.253 e. The second-order valence-electron chi connectivity index (χ2n) is 7.28. The summed E-state index contributed by atoms with van der Waals surface area (Å²) in [6.45, 7) is 8.06. The summed E-state index contributed by atoms with van der Waals surface area (Å²) in [5.41, 5.74) is 3.21. The van der Waals surface area contributed by atoms with Crippen LogP contribution < -0.4 is 5.32 Å². The summed E-state index contributed by atoms with van der Waals surface area (Å²) in [6, 6.07) is 8.82. The maximum atomic E-state index is 13.1. The third kappa shape index (κ3) is 4.00. The molecule has 1 saturated heterocycles. The first-order chi connectivity index (χ1) is 13.4. The number of nitrogens with one attached hydrogen (secondary N) is 1. The molecule has 1 amide bonds. The van der Waals surface area contributed by atoms with Crippen LogP contribution in [0.15, 0.2) is 35.2 Å². The number of carbonyl (C=O) groups is 1. The van der Waals surface area contributed by atoms with Crippen molar-refractivity contribution in [2.75, 3.05) is 13.1 Å². The molecule has 1 aromatic heterocycles. The van der Waals surface area contributed by atoms with Crippen molar-refractivity contribution >= 4 is 15.9 Å². The Balaban J connectivity index is 1.80. The zero-order chi connectivity index (χ0) is 20.3. The summed E-state index contributed by atoms with van der Waals surface area (Å²) in [6.07, 6.45) is 2.86. The van der Waals surface area contributed by atoms with Crippen molar-refractivity contribution in [1.82, 2.24) is 14.2 Å². The molecule has 1 aliphatic rings. The molecule has 1 fully saturated rings. The smallest absolute Gasteiger partial charge is 0.253 e. The monoisotopic (exact) mass is 403 g/mol. The molecule has 1 aromatic carbocycles. The number of amides is 1. The van der Waals surface area contributed by atoms with Crippen molar-refractivity contribution < 1.29 is 13.2 Å². The molecule has 0 bridgehead atoms. The van der Waals surface area contributed by atoms with Gasteiger partial charge in [0.15, 0.2) is 0 Å². The second-order valence-corrected chi connectivity index (χ2v) is 9.19. The molecular weight excluding hydrogens is 374 g/mol. The Kier molecular flexibility index (Phi) is 6.25. The van der Waals surface area contributed by atoms with Gasteiger partial charge in [-0.25, -0.2) is 8.42 Å². The van der Waals surface area contributed by atoms with Gasteiger partial charge in [-0.3, -0.25) is 4.79 Å². The normalized spacial score (nSPS) is 15.5. The summed E-state index contributed by atoms with van der Waals surface area (Å²) in [7, 11) is -3.54. The molecule has 0 aliphatic carbocycles. The van der Waals surface area contributed by atoms with Crippen molar-refractivity contribution in [3.8, 4) is 0 Å². The van der Waals surface area contributed by atoms with E-state index < -0.39 is 10.0 Å². The van der Waals surface area contributed by atoms with E-state index in [2.05, 4.69) is 9.88 Å². The lowest BCUT2D eigenvalue weighted by Gasteiger charge is -2.26. The van der Waals surface area contributed by atoms with Gasteiger partial charge in [0.25, 0.3) is 5.91 Å². The number of nitrogens with zero attached hydrogens (tertiary/aromatic N) is 2. The van der Waals surface area contributed by atoms with E-state index in [4.69, 9.17) is 0 Å². The Labute approximate surface area is 167 Å². The summed E-state index contributed by atoms with van der Waals surface area (Å²) in [4.78, 5) is 13.0. The Hall–Kier alpha value is -2.12. The van der Waals surface area contributed by atoms with E-state index >= 15 is 0 Å². The van der Waals surface area contributed by atoms with Gasteiger partial charge in [0.1, 0.15) is 0 Å². The fourth-order valence-corrected chi connectivity index (χ4v) is 5.67. The van der Waals surface area contributed by atoms with Crippen LogP contribution >= 0.6 is 0 Å². The standard InChI is InChI=1S/C21H29N3O3S/c1-4-24-16(2)14-19(17(24)3)21(25)22-15-18-10-6-7-11-20(18)28(26,27)23-12-8-5-9-13-23/h6-7,10-11,14H,4-5,8-9,12-13,15H2,1-3H3,(H,22,25). The summed E-state index contributed by atoms with van der Waals surface area (Å²) in [5.74, 6) is -0.182. The number of hydrogen-bond acceptors (Lipinski definition) is 3. The zero-order valence-corrected chi connectivity index (χ0v) is 17.7. The van der Waals surface area contributed by atoms with E-state index in [-0.39, 0.29) is 17.3 Å². The summed E-state index contributed by atoms with van der Waals surface area (Å²) >= 11 is 0. The number of rotatable bonds is 6. The van der Waals surface area contributed by atoms with Gasteiger partial charge in [-0.2, -0.15) is 4.31 Å². The minimum Gasteiger partial charge on any atom is -0.349 e. The fourth-order valence-electron chi connectivity index (χ4n) is 3.93. The molecule has 6 nitrogen and oxygen atoms in total. The molecule has 3 rings (SSSR count). The van der Waals surface area contributed by atoms with Gasteiger partial charge in [0.05, 0.1) is 10.5 Å². The SMILES string of the molecule is CCn1c(C)cc(C(=O)NCc2ccccc2S(=O)(=O)N2CCCCC2)c1C. The number of sulfonamides is 1. The van der Waals surface area contributed by atoms with Gasteiger partial charge in [-0.1, -0.05) is 24.6 Å². The van der Waals surface area contributed by atoms with Crippen molar-refractivity contribution in [3.63, 3.8) is 0 Å². The number of benzene rings is 1. The molecule has 152 valence electrons. The molecule has 2 aromatic rings. The van der Waals surface area contributed by atoms with E-state index in [0.29, 0.717) is 24.2 Å². The molecule has 0 radical (unpaired) electrons. The molecule has 28 heavy (non-hydrogen) atoms. The molecule has 2 heterocycles. The van der Waals surface area contributed by atoms with Crippen LogP contribution in [-0.4, -0.2) is 36.3 Å². The van der Waals surface area contributed by atoms with Crippen molar-refractivity contribution in [1.29, 1.82) is 0 Å². The number of hydrogen-bond donors (Lipinski definition) is 1. The average Bonchev–Trinajstić information content (AvgIpc) is 3.00. The molecule has 0 saturated carbocycles. The highest BCUT2D eigenvalue weighted by Crippen LogP contribution is 2.24. The first-order valence-corrected chi connectivity index (χ1v) is 11.3. The van der Waals surface area contributed by atoms with Crippen LogP contribution in [0.2, 0.25) is 0 Å². The Morgan fingerprint density at radius 2 is 1.79 bits per heavy atom. The van der Waals surface area contributed by atoms with Crippen LogP contribution in [0.25, 0.3) is 0 Å². The van der Waals surface area contributed by atoms with Gasteiger partial charge in [0.2, 0.25) is 10.0 Å². The van der Waals surface area contributed by atoms with E-state index in [1.54, 1.807) is 28.6 Å². The highest BCUT2D eigenvalue weighted by atomic mass is 32.2. The predicted molar refractivity (Wildman–Crippen MR) is 110 cm³/mol. The van der Waals surface area contributed by atoms with Crippen molar-refractivity contribution in [3.05, 3.63) is 52.8 Å². The quantitative estimate of drug-likeness (QED) is 0.805. The predicted octanol–water partition coefficient (Wildman–Crippen LogP) is 3.23. The second kappa shape index (κ2) is 8.49.